The van der Waals surface area contributed by atoms with Crippen molar-refractivity contribution in [3.63, 3.8) is 0 Å². The predicted molar refractivity (Wildman–Crippen MR) is 82.8 cm³/mol. The van der Waals surface area contributed by atoms with E-state index in [-0.39, 0.29) is 25.4 Å². The second kappa shape index (κ2) is 7.54. The first-order valence-electron chi connectivity index (χ1n) is 7.52. The van der Waals surface area contributed by atoms with E-state index in [1.54, 1.807) is 4.90 Å². The normalized spacial score (nSPS) is 26.5. The molecular formula is C16H22N2O5. The van der Waals surface area contributed by atoms with Gasteiger partial charge in [-0.2, -0.15) is 0 Å². The quantitative estimate of drug-likeness (QED) is 0.566. The molecule has 1 amide bonds. The number of nitrogens with zero attached hydrogens (tertiary/aromatic N) is 1. The van der Waals surface area contributed by atoms with E-state index < -0.39 is 30.3 Å². The number of carbonyl (C=O) groups excluding carboxylic acids is 1. The number of carboxylic acids is 1. The predicted octanol–water partition coefficient (Wildman–Crippen LogP) is -0.776. The Hall–Kier alpha value is -1.96. The summed E-state index contributed by atoms with van der Waals surface area (Å²) >= 11 is 0. The third-order valence-corrected chi connectivity index (χ3v) is 4.04. The molecule has 2 unspecified atom stereocenters. The molecule has 7 heteroatoms. The first kappa shape index (κ1) is 17.4. The van der Waals surface area contributed by atoms with Crippen LogP contribution in [0.15, 0.2) is 30.3 Å². The Morgan fingerprint density at radius 1 is 1.22 bits per heavy atom. The molecule has 1 heterocycles. The van der Waals surface area contributed by atoms with E-state index in [0.29, 0.717) is 0 Å². The number of likely N-dealkylation sites (tertiary alicyclic amines) is 1. The molecule has 7 nitrogen and oxygen atoms in total. The fourth-order valence-electron chi connectivity index (χ4n) is 2.93. The van der Waals surface area contributed by atoms with Crippen LogP contribution in [0.3, 0.4) is 0 Å². The third kappa shape index (κ3) is 4.51. The van der Waals surface area contributed by atoms with Crippen LogP contribution < -0.4 is 5.32 Å². The van der Waals surface area contributed by atoms with E-state index in [9.17, 15) is 24.9 Å². The van der Waals surface area contributed by atoms with E-state index in [2.05, 4.69) is 5.32 Å². The van der Waals surface area contributed by atoms with E-state index in [4.69, 9.17) is 0 Å². The molecule has 0 aliphatic carbocycles. The summed E-state index contributed by atoms with van der Waals surface area (Å²) in [6.45, 7) is 1.46. The molecule has 4 N–H and O–H groups in total. The van der Waals surface area contributed by atoms with Crippen molar-refractivity contribution in [2.45, 2.75) is 37.6 Å². The van der Waals surface area contributed by atoms with Crippen molar-refractivity contribution in [3.8, 4) is 0 Å². The Morgan fingerprint density at radius 3 is 2.26 bits per heavy atom. The number of β-amino-alcohol motifs (C(OH)–C–C–N with tert-alkyl or cyclic N) is 2. The highest BCUT2D eigenvalue weighted by Gasteiger charge is 2.39. The fourth-order valence-corrected chi connectivity index (χ4v) is 2.93. The molecule has 4 atom stereocenters. The van der Waals surface area contributed by atoms with Crippen molar-refractivity contribution in [2.75, 3.05) is 13.1 Å². The van der Waals surface area contributed by atoms with Crippen LogP contribution in [0.1, 0.15) is 12.5 Å². The Balaban J connectivity index is 2.09. The number of amides is 1. The number of aliphatic hydroxyl groups excluding tert-OH is 2. The van der Waals surface area contributed by atoms with Gasteiger partial charge in [0.05, 0.1) is 18.2 Å². The van der Waals surface area contributed by atoms with E-state index in [1.807, 2.05) is 30.3 Å². The molecule has 1 aliphatic heterocycles. The Labute approximate surface area is 134 Å². The zero-order chi connectivity index (χ0) is 17.0. The highest BCUT2D eigenvalue weighted by atomic mass is 16.4. The standard InChI is InChI=1S/C16H22N2O5/c1-10(19)17-15-13(20)8-18(9-14(15)21)12(16(22)23)7-11-5-3-2-4-6-11/h2-6,12-15,20-21H,7-9H2,1H3,(H,17,19)(H,22,23)/t12?,13-,14+,15?. The minimum Gasteiger partial charge on any atom is -0.480 e. The van der Waals surface area contributed by atoms with Gasteiger partial charge in [0.15, 0.2) is 0 Å². The number of benzene rings is 1. The van der Waals surface area contributed by atoms with Crippen LogP contribution in [0.2, 0.25) is 0 Å². The molecule has 126 valence electrons. The molecule has 0 spiro atoms. The zero-order valence-corrected chi connectivity index (χ0v) is 12.9. The van der Waals surface area contributed by atoms with Crippen molar-refractivity contribution in [1.29, 1.82) is 0 Å². The van der Waals surface area contributed by atoms with Crippen LogP contribution in [-0.4, -0.2) is 69.5 Å². The second-order valence-electron chi connectivity index (χ2n) is 5.86. The lowest BCUT2D eigenvalue weighted by molar-refractivity contribution is -0.147. The third-order valence-electron chi connectivity index (χ3n) is 4.04. The number of nitrogens with one attached hydrogen (secondary N) is 1. The van der Waals surface area contributed by atoms with Crippen molar-refractivity contribution in [1.82, 2.24) is 10.2 Å². The van der Waals surface area contributed by atoms with Gasteiger partial charge in [0.25, 0.3) is 0 Å². The van der Waals surface area contributed by atoms with Crippen LogP contribution >= 0.6 is 0 Å². The lowest BCUT2D eigenvalue weighted by atomic mass is 9.95. The molecule has 1 fully saturated rings. The first-order chi connectivity index (χ1) is 10.9. The van der Waals surface area contributed by atoms with Gasteiger partial charge in [-0.3, -0.25) is 14.5 Å². The van der Waals surface area contributed by atoms with Gasteiger partial charge in [-0.05, 0) is 12.0 Å². The number of piperidine rings is 1. The number of hydrogen-bond donors (Lipinski definition) is 4. The summed E-state index contributed by atoms with van der Waals surface area (Å²) in [7, 11) is 0. The number of rotatable bonds is 5. The number of hydrogen-bond acceptors (Lipinski definition) is 5. The summed E-state index contributed by atoms with van der Waals surface area (Å²) < 4.78 is 0. The van der Waals surface area contributed by atoms with Gasteiger partial charge in [-0.15, -0.1) is 0 Å². The number of aliphatic carboxylic acids is 1. The topological polar surface area (TPSA) is 110 Å². The Kier molecular flexibility index (Phi) is 5.70. The summed E-state index contributed by atoms with van der Waals surface area (Å²) in [5.74, 6) is -1.35. The summed E-state index contributed by atoms with van der Waals surface area (Å²) in [5, 5.41) is 32.3. The summed E-state index contributed by atoms with van der Waals surface area (Å²) in [4.78, 5) is 24.3. The molecule has 2 rings (SSSR count). The fraction of sp³-hybridized carbons (Fsp3) is 0.500. The molecule has 1 aliphatic rings. The van der Waals surface area contributed by atoms with Gasteiger partial charge in [0, 0.05) is 20.0 Å². The van der Waals surface area contributed by atoms with Gasteiger partial charge in [0.1, 0.15) is 6.04 Å². The Bertz CT molecular complexity index is 539. The second-order valence-corrected chi connectivity index (χ2v) is 5.86. The monoisotopic (exact) mass is 322 g/mol. The van der Waals surface area contributed by atoms with Crippen LogP contribution in [0.5, 0.6) is 0 Å². The molecule has 1 aromatic rings. The Morgan fingerprint density at radius 2 is 1.78 bits per heavy atom. The maximum Gasteiger partial charge on any atom is 0.321 e. The van der Waals surface area contributed by atoms with Gasteiger partial charge in [0.2, 0.25) is 5.91 Å². The highest BCUT2D eigenvalue weighted by Crippen LogP contribution is 2.18. The smallest absolute Gasteiger partial charge is 0.321 e. The number of carbonyl (C=O) groups is 2. The van der Waals surface area contributed by atoms with Crippen LogP contribution in [0, 0.1) is 0 Å². The molecule has 0 radical (unpaired) electrons. The highest BCUT2D eigenvalue weighted by molar-refractivity contribution is 5.74. The van der Waals surface area contributed by atoms with Crippen molar-refractivity contribution in [3.05, 3.63) is 35.9 Å². The molecule has 1 saturated heterocycles. The minimum atomic E-state index is -1.03. The maximum absolute atomic E-state index is 11.6. The van der Waals surface area contributed by atoms with Crippen LogP contribution in [0.4, 0.5) is 0 Å². The number of carboxylic acid groups (broad SMARTS) is 1. The summed E-state index contributed by atoms with van der Waals surface area (Å²) in [5.41, 5.74) is 0.868. The molecule has 0 aromatic heterocycles. The van der Waals surface area contributed by atoms with E-state index >= 15 is 0 Å². The van der Waals surface area contributed by atoms with Crippen LogP contribution in [-0.2, 0) is 16.0 Å². The first-order valence-corrected chi connectivity index (χ1v) is 7.52. The average Bonchev–Trinajstić information content (AvgIpc) is 2.49. The zero-order valence-electron chi connectivity index (χ0n) is 12.9. The molecule has 0 saturated carbocycles. The lowest BCUT2D eigenvalue weighted by Crippen LogP contribution is -2.64. The van der Waals surface area contributed by atoms with Crippen LogP contribution in [0.25, 0.3) is 0 Å². The molecule has 1 aromatic carbocycles. The molecular weight excluding hydrogens is 300 g/mol. The van der Waals surface area contributed by atoms with Crippen molar-refractivity contribution in [2.24, 2.45) is 0 Å². The van der Waals surface area contributed by atoms with Gasteiger partial charge in [-0.25, -0.2) is 0 Å². The minimum absolute atomic E-state index is 0.0752. The van der Waals surface area contributed by atoms with Gasteiger partial charge < -0.3 is 20.6 Å². The van der Waals surface area contributed by atoms with Crippen molar-refractivity contribution >= 4 is 11.9 Å². The maximum atomic E-state index is 11.6. The van der Waals surface area contributed by atoms with Gasteiger partial charge >= 0.3 is 5.97 Å². The summed E-state index contributed by atoms with van der Waals surface area (Å²) in [6.07, 6.45) is -1.78. The number of aliphatic hydroxyl groups is 2. The largest absolute Gasteiger partial charge is 0.480 e. The van der Waals surface area contributed by atoms with Crippen molar-refractivity contribution < 1.29 is 24.9 Å². The average molecular weight is 322 g/mol. The van der Waals surface area contributed by atoms with E-state index in [1.165, 1.54) is 6.92 Å². The SMILES string of the molecule is CC(=O)NC1[C@H](O)CN(C(Cc2ccccc2)C(=O)O)C[C@@H]1O. The summed E-state index contributed by atoms with van der Waals surface area (Å²) in [6, 6.07) is 7.57. The van der Waals surface area contributed by atoms with E-state index in [0.717, 1.165) is 5.56 Å². The molecule has 0 bridgehead atoms. The van der Waals surface area contributed by atoms with Gasteiger partial charge in [-0.1, -0.05) is 30.3 Å². The molecule has 23 heavy (non-hydrogen) atoms. The lowest BCUT2D eigenvalue weighted by Gasteiger charge is -2.41.